The first kappa shape index (κ1) is 15.9. The molecular formula is C13H15F3N4O2. The Bertz CT molecular complexity index is 682. The fraction of sp³-hybridized carbons (Fsp3) is 0.385. The summed E-state index contributed by atoms with van der Waals surface area (Å²) in [6.45, 7) is 0.753. The molecule has 6 nitrogen and oxygen atoms in total. The van der Waals surface area contributed by atoms with Gasteiger partial charge in [0.1, 0.15) is 0 Å². The zero-order valence-electron chi connectivity index (χ0n) is 11.5. The van der Waals surface area contributed by atoms with Gasteiger partial charge < -0.3 is 16.2 Å². The molecule has 9 heteroatoms. The highest BCUT2D eigenvalue weighted by molar-refractivity contribution is 5.89. The molecule has 22 heavy (non-hydrogen) atoms. The van der Waals surface area contributed by atoms with Gasteiger partial charge in [-0.25, -0.2) is 4.79 Å². The molecule has 0 radical (unpaired) electrons. The van der Waals surface area contributed by atoms with Crippen molar-refractivity contribution in [1.82, 2.24) is 15.1 Å². The number of halogens is 3. The van der Waals surface area contributed by atoms with Crippen LogP contribution < -0.4 is 11.1 Å². The van der Waals surface area contributed by atoms with E-state index < -0.39 is 17.8 Å². The van der Waals surface area contributed by atoms with E-state index in [1.54, 1.807) is 0 Å². The summed E-state index contributed by atoms with van der Waals surface area (Å²) in [5.74, 6) is 0.0461. The lowest BCUT2D eigenvalue weighted by atomic mass is 10.1. The number of carbonyl (C=O) groups is 1. The second kappa shape index (κ2) is 6.12. The van der Waals surface area contributed by atoms with Gasteiger partial charge in [0.15, 0.2) is 5.82 Å². The molecule has 1 aromatic carbocycles. The molecular weight excluding hydrogens is 301 g/mol. The highest BCUT2D eigenvalue weighted by atomic mass is 19.4. The maximum Gasteiger partial charge on any atom is 0.416 e. The van der Waals surface area contributed by atoms with Crippen molar-refractivity contribution in [3.63, 3.8) is 0 Å². The van der Waals surface area contributed by atoms with Crippen LogP contribution in [-0.4, -0.2) is 27.5 Å². The number of unbranched alkanes of at least 4 members (excludes halogenated alkanes) is 1. The SMILES string of the molecule is Nc1nn(CCCCNC(=O)O)c2ccc(C(F)(F)F)cc12. The Morgan fingerprint density at radius 3 is 2.73 bits per heavy atom. The molecule has 0 saturated carbocycles. The first-order valence-electron chi connectivity index (χ1n) is 6.59. The van der Waals surface area contributed by atoms with Gasteiger partial charge in [0.2, 0.25) is 0 Å². The topological polar surface area (TPSA) is 93.2 Å². The lowest BCUT2D eigenvalue weighted by Crippen LogP contribution is -2.22. The normalized spacial score (nSPS) is 11.8. The molecule has 0 bridgehead atoms. The largest absolute Gasteiger partial charge is 0.465 e. The number of carboxylic acid groups (broad SMARTS) is 1. The van der Waals surface area contributed by atoms with Gasteiger partial charge >= 0.3 is 12.3 Å². The Kier molecular flexibility index (Phi) is 4.43. The van der Waals surface area contributed by atoms with Gasteiger partial charge in [-0.05, 0) is 31.0 Å². The number of alkyl halides is 3. The van der Waals surface area contributed by atoms with Crippen LogP contribution >= 0.6 is 0 Å². The number of amides is 1. The van der Waals surface area contributed by atoms with E-state index in [0.29, 0.717) is 31.4 Å². The van der Waals surface area contributed by atoms with Gasteiger partial charge in [-0.1, -0.05) is 0 Å². The molecule has 0 saturated heterocycles. The van der Waals surface area contributed by atoms with E-state index in [4.69, 9.17) is 10.8 Å². The number of hydrogen-bond donors (Lipinski definition) is 3. The molecule has 0 atom stereocenters. The predicted molar refractivity (Wildman–Crippen MR) is 74.4 cm³/mol. The highest BCUT2D eigenvalue weighted by Crippen LogP contribution is 2.33. The summed E-state index contributed by atoms with van der Waals surface area (Å²) in [6.07, 6.45) is -4.30. The third-order valence-corrected chi connectivity index (χ3v) is 3.18. The zero-order chi connectivity index (χ0) is 16.3. The molecule has 2 aromatic rings. The Morgan fingerprint density at radius 2 is 2.09 bits per heavy atom. The van der Waals surface area contributed by atoms with Crippen molar-refractivity contribution < 1.29 is 23.1 Å². The number of fused-ring (bicyclic) bond motifs is 1. The van der Waals surface area contributed by atoms with Gasteiger partial charge in [-0.2, -0.15) is 18.3 Å². The van der Waals surface area contributed by atoms with E-state index in [1.807, 2.05) is 0 Å². The summed E-state index contributed by atoms with van der Waals surface area (Å²) in [6, 6.07) is 3.32. The average molecular weight is 316 g/mol. The minimum absolute atomic E-state index is 0.0461. The summed E-state index contributed by atoms with van der Waals surface area (Å²) in [5, 5.41) is 15.0. The van der Waals surface area contributed by atoms with Gasteiger partial charge in [0, 0.05) is 18.5 Å². The van der Waals surface area contributed by atoms with Crippen molar-refractivity contribution in [1.29, 1.82) is 0 Å². The molecule has 0 aliphatic heterocycles. The van der Waals surface area contributed by atoms with Crippen LogP contribution in [0.2, 0.25) is 0 Å². The number of aromatic nitrogens is 2. The number of nitrogen functional groups attached to an aromatic ring is 1. The Balaban J connectivity index is 2.10. The number of nitrogens with two attached hydrogens (primary N) is 1. The molecule has 0 unspecified atom stereocenters. The van der Waals surface area contributed by atoms with E-state index in [9.17, 15) is 18.0 Å². The standard InChI is InChI=1S/C13H15F3N4O2/c14-13(15,16)8-3-4-10-9(7-8)11(17)19-20(10)6-2-1-5-18-12(21)22/h3-4,7,18H,1-2,5-6H2,(H2,17,19)(H,21,22). The van der Waals surface area contributed by atoms with Crippen molar-refractivity contribution in [3.8, 4) is 0 Å². The number of nitrogens with zero attached hydrogens (tertiary/aromatic N) is 2. The minimum Gasteiger partial charge on any atom is -0.465 e. The van der Waals surface area contributed by atoms with Crippen LogP contribution in [0.5, 0.6) is 0 Å². The first-order chi connectivity index (χ1) is 10.3. The number of anilines is 1. The average Bonchev–Trinajstić information content (AvgIpc) is 2.73. The summed E-state index contributed by atoms with van der Waals surface area (Å²) < 4.78 is 39.6. The van der Waals surface area contributed by atoms with E-state index in [1.165, 1.54) is 10.7 Å². The Hall–Kier alpha value is -2.45. The van der Waals surface area contributed by atoms with Crippen LogP contribution in [0, 0.1) is 0 Å². The molecule has 0 aliphatic carbocycles. The summed E-state index contributed by atoms with van der Waals surface area (Å²) in [7, 11) is 0. The van der Waals surface area contributed by atoms with Crippen LogP contribution in [0.25, 0.3) is 10.9 Å². The number of aryl methyl sites for hydroxylation is 1. The van der Waals surface area contributed by atoms with Crippen LogP contribution in [0.4, 0.5) is 23.8 Å². The summed E-state index contributed by atoms with van der Waals surface area (Å²) in [5.41, 5.74) is 5.43. The molecule has 4 N–H and O–H groups in total. The maximum absolute atomic E-state index is 12.7. The van der Waals surface area contributed by atoms with Gasteiger partial charge in [-0.15, -0.1) is 0 Å². The van der Waals surface area contributed by atoms with Crippen molar-refractivity contribution in [2.75, 3.05) is 12.3 Å². The van der Waals surface area contributed by atoms with E-state index in [0.717, 1.165) is 12.1 Å². The fourth-order valence-electron chi connectivity index (χ4n) is 2.13. The summed E-state index contributed by atoms with van der Waals surface area (Å²) in [4.78, 5) is 10.3. The smallest absolute Gasteiger partial charge is 0.416 e. The monoisotopic (exact) mass is 316 g/mol. The van der Waals surface area contributed by atoms with E-state index in [2.05, 4.69) is 10.4 Å². The Labute approximate surface area is 123 Å². The fourth-order valence-corrected chi connectivity index (χ4v) is 2.13. The van der Waals surface area contributed by atoms with Gasteiger partial charge in [0.25, 0.3) is 0 Å². The van der Waals surface area contributed by atoms with Crippen LogP contribution in [0.1, 0.15) is 18.4 Å². The molecule has 2 rings (SSSR count). The second-order valence-electron chi connectivity index (χ2n) is 4.78. The predicted octanol–water partition coefficient (Wildman–Crippen LogP) is 2.69. The van der Waals surface area contributed by atoms with Crippen molar-refractivity contribution in [3.05, 3.63) is 23.8 Å². The molecule has 1 heterocycles. The number of rotatable bonds is 5. The van der Waals surface area contributed by atoms with Gasteiger partial charge in [0.05, 0.1) is 11.1 Å². The van der Waals surface area contributed by atoms with Gasteiger partial charge in [-0.3, -0.25) is 4.68 Å². The van der Waals surface area contributed by atoms with Crippen molar-refractivity contribution in [2.24, 2.45) is 0 Å². The maximum atomic E-state index is 12.7. The first-order valence-corrected chi connectivity index (χ1v) is 6.59. The van der Waals surface area contributed by atoms with E-state index >= 15 is 0 Å². The molecule has 120 valence electrons. The number of nitrogens with one attached hydrogen (secondary N) is 1. The third-order valence-electron chi connectivity index (χ3n) is 3.18. The number of benzene rings is 1. The summed E-state index contributed by atoms with van der Waals surface area (Å²) >= 11 is 0. The molecule has 1 aromatic heterocycles. The molecule has 0 spiro atoms. The van der Waals surface area contributed by atoms with Crippen LogP contribution in [-0.2, 0) is 12.7 Å². The van der Waals surface area contributed by atoms with E-state index in [-0.39, 0.29) is 11.2 Å². The second-order valence-corrected chi connectivity index (χ2v) is 4.78. The van der Waals surface area contributed by atoms with Crippen molar-refractivity contribution >= 4 is 22.8 Å². The molecule has 0 fully saturated rings. The third kappa shape index (κ3) is 3.60. The lowest BCUT2D eigenvalue weighted by molar-refractivity contribution is -0.137. The molecule has 0 aliphatic rings. The molecule has 1 amide bonds. The Morgan fingerprint density at radius 1 is 1.36 bits per heavy atom. The van der Waals surface area contributed by atoms with Crippen LogP contribution in [0.3, 0.4) is 0 Å². The number of hydrogen-bond acceptors (Lipinski definition) is 3. The quantitative estimate of drug-likeness (QED) is 0.739. The van der Waals surface area contributed by atoms with Crippen molar-refractivity contribution in [2.45, 2.75) is 25.6 Å². The van der Waals surface area contributed by atoms with Crippen LogP contribution in [0.15, 0.2) is 18.2 Å². The lowest BCUT2D eigenvalue weighted by Gasteiger charge is -2.07. The minimum atomic E-state index is -4.43. The zero-order valence-corrected chi connectivity index (χ0v) is 11.5. The highest BCUT2D eigenvalue weighted by Gasteiger charge is 2.31.